The van der Waals surface area contributed by atoms with E-state index >= 15 is 0 Å². The second kappa shape index (κ2) is 6.96. The molecule has 1 aliphatic rings. The maximum atomic E-state index is 12.6. The Labute approximate surface area is 153 Å². The van der Waals surface area contributed by atoms with Crippen LogP contribution in [-0.4, -0.2) is 35.3 Å². The van der Waals surface area contributed by atoms with E-state index in [1.165, 1.54) is 11.3 Å². The molecule has 1 aromatic carbocycles. The van der Waals surface area contributed by atoms with Crippen molar-refractivity contribution in [2.24, 2.45) is 0 Å². The van der Waals surface area contributed by atoms with Crippen molar-refractivity contribution in [2.45, 2.75) is 12.5 Å². The van der Waals surface area contributed by atoms with E-state index in [4.69, 9.17) is 0 Å². The zero-order valence-corrected chi connectivity index (χ0v) is 14.6. The van der Waals surface area contributed by atoms with Gasteiger partial charge in [-0.1, -0.05) is 36.4 Å². The number of hydrogen-bond donors (Lipinski definition) is 3. The molecule has 0 aliphatic carbocycles. The molecule has 3 N–H and O–H groups in total. The van der Waals surface area contributed by atoms with Gasteiger partial charge in [-0.3, -0.25) is 19.8 Å². The number of amides is 5. The Morgan fingerprint density at radius 3 is 2.54 bits per heavy atom. The predicted octanol–water partition coefficient (Wildman–Crippen LogP) is 0.976. The van der Waals surface area contributed by atoms with E-state index in [1.807, 2.05) is 0 Å². The number of urea groups is 1. The minimum atomic E-state index is -1.27. The van der Waals surface area contributed by atoms with Crippen LogP contribution in [0, 0.1) is 0 Å². The first kappa shape index (κ1) is 17.6. The van der Waals surface area contributed by atoms with Crippen molar-refractivity contribution < 1.29 is 19.2 Å². The number of rotatable bonds is 5. The number of hydrazine groups is 1. The molecule has 1 saturated heterocycles. The highest BCUT2D eigenvalue weighted by Gasteiger charge is 2.49. The number of hydrogen-bond acceptors (Lipinski definition) is 5. The highest BCUT2D eigenvalue weighted by atomic mass is 32.1. The van der Waals surface area contributed by atoms with E-state index in [1.54, 1.807) is 54.8 Å². The Morgan fingerprint density at radius 1 is 1.15 bits per heavy atom. The van der Waals surface area contributed by atoms with Gasteiger partial charge in [-0.25, -0.2) is 4.79 Å². The van der Waals surface area contributed by atoms with Crippen molar-refractivity contribution in [1.82, 2.24) is 21.1 Å². The number of imide groups is 1. The van der Waals surface area contributed by atoms with Crippen molar-refractivity contribution in [3.05, 3.63) is 58.3 Å². The molecule has 1 fully saturated rings. The lowest BCUT2D eigenvalue weighted by Crippen LogP contribution is -2.50. The van der Waals surface area contributed by atoms with Gasteiger partial charge in [0.2, 0.25) is 0 Å². The van der Waals surface area contributed by atoms with Crippen LogP contribution in [-0.2, 0) is 15.1 Å². The second-order valence-electron chi connectivity index (χ2n) is 5.76. The highest BCUT2D eigenvalue weighted by molar-refractivity contribution is 7.12. The van der Waals surface area contributed by atoms with Crippen LogP contribution in [0.3, 0.4) is 0 Å². The minimum Gasteiger partial charge on any atom is -0.342 e. The van der Waals surface area contributed by atoms with Crippen LogP contribution in [0.15, 0.2) is 47.8 Å². The minimum absolute atomic E-state index is 0.365. The summed E-state index contributed by atoms with van der Waals surface area (Å²) < 4.78 is 0. The molecule has 0 radical (unpaired) electrons. The van der Waals surface area contributed by atoms with Crippen LogP contribution < -0.4 is 16.1 Å². The summed E-state index contributed by atoms with van der Waals surface area (Å²) >= 11 is 1.24. The number of thiophene rings is 1. The molecule has 8 nitrogen and oxygen atoms in total. The van der Waals surface area contributed by atoms with E-state index in [2.05, 4.69) is 16.1 Å². The lowest BCUT2D eigenvalue weighted by Gasteiger charge is -2.22. The molecule has 26 heavy (non-hydrogen) atoms. The maximum Gasteiger partial charge on any atom is 0.344 e. The zero-order chi connectivity index (χ0) is 18.7. The fourth-order valence-corrected chi connectivity index (χ4v) is 3.17. The summed E-state index contributed by atoms with van der Waals surface area (Å²) in [7, 11) is 0. The van der Waals surface area contributed by atoms with Crippen molar-refractivity contribution in [1.29, 1.82) is 0 Å². The average molecular weight is 372 g/mol. The average Bonchev–Trinajstić information content (AvgIpc) is 3.25. The van der Waals surface area contributed by atoms with Crippen LogP contribution in [0.2, 0.25) is 0 Å². The van der Waals surface area contributed by atoms with Gasteiger partial charge in [-0.05, 0) is 23.9 Å². The summed E-state index contributed by atoms with van der Waals surface area (Å²) in [5.74, 6) is -1.69. The monoisotopic (exact) mass is 372 g/mol. The molecular weight excluding hydrogens is 356 g/mol. The summed E-state index contributed by atoms with van der Waals surface area (Å²) in [5, 5.41) is 7.38. The molecular formula is C17H16N4O4S. The van der Waals surface area contributed by atoms with Crippen LogP contribution >= 0.6 is 11.3 Å². The van der Waals surface area contributed by atoms with Crippen molar-refractivity contribution >= 4 is 35.1 Å². The molecule has 0 unspecified atom stereocenters. The van der Waals surface area contributed by atoms with Gasteiger partial charge in [0, 0.05) is 0 Å². The van der Waals surface area contributed by atoms with Gasteiger partial charge in [-0.2, -0.15) is 5.01 Å². The fourth-order valence-electron chi connectivity index (χ4n) is 2.53. The number of carbonyl (C=O) groups is 4. The van der Waals surface area contributed by atoms with Crippen LogP contribution in [0.5, 0.6) is 0 Å². The van der Waals surface area contributed by atoms with Crippen molar-refractivity contribution in [2.75, 3.05) is 6.54 Å². The third-order valence-corrected chi connectivity index (χ3v) is 4.80. The zero-order valence-electron chi connectivity index (χ0n) is 13.8. The molecule has 1 aromatic heterocycles. The second-order valence-corrected chi connectivity index (χ2v) is 6.70. The number of nitrogens with one attached hydrogen (secondary N) is 3. The summed E-state index contributed by atoms with van der Waals surface area (Å²) in [4.78, 5) is 49.1. The Morgan fingerprint density at radius 2 is 1.88 bits per heavy atom. The van der Waals surface area contributed by atoms with Crippen LogP contribution in [0.25, 0.3) is 0 Å². The lowest BCUT2D eigenvalue weighted by atomic mass is 9.92. The van der Waals surface area contributed by atoms with Gasteiger partial charge in [-0.15, -0.1) is 11.3 Å². The molecule has 2 heterocycles. The van der Waals surface area contributed by atoms with Gasteiger partial charge >= 0.3 is 6.03 Å². The normalized spacial score (nSPS) is 19.2. The van der Waals surface area contributed by atoms with Gasteiger partial charge in [0.1, 0.15) is 5.54 Å². The SMILES string of the molecule is C[C@]1(c2ccccc2)NC(=O)N(NC(=O)CNC(=O)c2cccs2)C1=O. The fraction of sp³-hybridized carbons (Fsp3) is 0.176. The van der Waals surface area contributed by atoms with E-state index in [0.29, 0.717) is 15.4 Å². The van der Waals surface area contributed by atoms with E-state index in [-0.39, 0.29) is 6.54 Å². The molecule has 0 spiro atoms. The first-order valence-corrected chi connectivity index (χ1v) is 8.63. The Hall–Kier alpha value is -3.20. The first-order chi connectivity index (χ1) is 12.4. The summed E-state index contributed by atoms with van der Waals surface area (Å²) in [6, 6.07) is 11.3. The van der Waals surface area contributed by atoms with Crippen LogP contribution in [0.1, 0.15) is 22.2 Å². The third-order valence-electron chi connectivity index (χ3n) is 3.93. The van der Waals surface area contributed by atoms with E-state index in [9.17, 15) is 19.2 Å². The number of carbonyl (C=O) groups excluding carboxylic acids is 4. The van der Waals surface area contributed by atoms with Crippen molar-refractivity contribution in [3.63, 3.8) is 0 Å². The number of benzene rings is 1. The molecule has 1 aliphatic heterocycles. The standard InChI is InChI=1S/C17H16N4O4S/c1-17(11-6-3-2-4-7-11)15(24)21(16(25)19-17)20-13(22)10-18-14(23)12-8-5-9-26-12/h2-9H,10H2,1H3,(H,18,23)(H,19,25)(H,20,22)/t17-/m1/s1. The Balaban J connectivity index is 1.63. The number of nitrogens with zero attached hydrogens (tertiary/aromatic N) is 1. The molecule has 1 atom stereocenters. The highest BCUT2D eigenvalue weighted by Crippen LogP contribution is 2.27. The molecule has 134 valence electrons. The molecule has 2 aromatic rings. The van der Waals surface area contributed by atoms with Gasteiger partial charge in [0.25, 0.3) is 17.7 Å². The first-order valence-electron chi connectivity index (χ1n) is 7.75. The van der Waals surface area contributed by atoms with Gasteiger partial charge in [0.05, 0.1) is 11.4 Å². The van der Waals surface area contributed by atoms with Crippen molar-refractivity contribution in [3.8, 4) is 0 Å². The predicted molar refractivity (Wildman–Crippen MR) is 94.0 cm³/mol. The lowest BCUT2D eigenvalue weighted by molar-refractivity contribution is -0.138. The smallest absolute Gasteiger partial charge is 0.342 e. The van der Waals surface area contributed by atoms with Gasteiger partial charge < -0.3 is 10.6 Å². The Bertz CT molecular complexity index is 853. The van der Waals surface area contributed by atoms with Gasteiger partial charge in [0.15, 0.2) is 0 Å². The molecule has 3 rings (SSSR count). The summed E-state index contributed by atoms with van der Waals surface area (Å²) in [5.41, 5.74) is 1.55. The van der Waals surface area contributed by atoms with E-state index < -0.39 is 29.3 Å². The summed E-state index contributed by atoms with van der Waals surface area (Å²) in [6.45, 7) is 1.20. The molecule has 5 amide bonds. The van der Waals surface area contributed by atoms with Crippen LogP contribution in [0.4, 0.5) is 4.79 Å². The summed E-state index contributed by atoms with van der Waals surface area (Å²) in [6.07, 6.45) is 0. The molecule has 0 saturated carbocycles. The topological polar surface area (TPSA) is 108 Å². The maximum absolute atomic E-state index is 12.6. The largest absolute Gasteiger partial charge is 0.344 e. The Kier molecular flexibility index (Phi) is 4.72. The third kappa shape index (κ3) is 3.29. The quantitative estimate of drug-likeness (QED) is 0.680. The van der Waals surface area contributed by atoms with E-state index in [0.717, 1.165) is 0 Å². The molecule has 9 heteroatoms. The molecule has 0 bridgehead atoms.